The molecule has 5 nitrogen and oxygen atoms in total. The lowest BCUT2D eigenvalue weighted by Gasteiger charge is -2.13. The summed E-state index contributed by atoms with van der Waals surface area (Å²) in [7, 11) is 0. The number of carbonyl (C=O) groups excluding carboxylic acids is 1. The van der Waals surface area contributed by atoms with Crippen molar-refractivity contribution >= 4 is 22.6 Å². The number of halogens is 1. The number of amides is 1. The van der Waals surface area contributed by atoms with Crippen molar-refractivity contribution < 1.29 is 18.3 Å². The highest BCUT2D eigenvalue weighted by Gasteiger charge is 2.22. The molecule has 0 unspecified atom stereocenters. The summed E-state index contributed by atoms with van der Waals surface area (Å²) in [6.45, 7) is 1.63. The molecule has 0 aliphatic heterocycles. The zero-order valence-corrected chi connectivity index (χ0v) is 14.8. The van der Waals surface area contributed by atoms with Crippen LogP contribution in [0.3, 0.4) is 0 Å². The first kappa shape index (κ1) is 17.3. The number of benzene rings is 2. The van der Waals surface area contributed by atoms with E-state index in [0.29, 0.717) is 29.0 Å². The predicted molar refractivity (Wildman–Crippen MR) is 99.8 cm³/mol. The molecule has 0 bridgehead atoms. The average Bonchev–Trinajstić information content (AvgIpc) is 3.09. The van der Waals surface area contributed by atoms with Gasteiger partial charge in [-0.3, -0.25) is 4.79 Å². The molecule has 3 aromatic rings. The molecular formula is C21H18FNO4. The van der Waals surface area contributed by atoms with Gasteiger partial charge in [0.05, 0.1) is 5.39 Å². The molecule has 1 N–H and O–H groups in total. The molecule has 1 aromatic heterocycles. The summed E-state index contributed by atoms with van der Waals surface area (Å²) in [6.07, 6.45) is 2.37. The van der Waals surface area contributed by atoms with Crippen LogP contribution in [-0.2, 0) is 17.6 Å². The molecule has 1 aliphatic carbocycles. The number of nitrogens with one attached hydrogen (secondary N) is 1. The highest BCUT2D eigenvalue weighted by molar-refractivity contribution is 5.93. The van der Waals surface area contributed by atoms with E-state index in [9.17, 15) is 14.0 Å². The van der Waals surface area contributed by atoms with Gasteiger partial charge < -0.3 is 14.5 Å². The Hall–Kier alpha value is -3.15. The SMILES string of the molecule is Cc1cc(OCC(=O)Nc2cccc(F)c2)c2c3c(c(=O)oc2c1)CCC3. The molecule has 0 saturated heterocycles. The van der Waals surface area contributed by atoms with Crippen molar-refractivity contribution in [1.82, 2.24) is 0 Å². The topological polar surface area (TPSA) is 68.5 Å². The molecule has 2 aromatic carbocycles. The molecule has 27 heavy (non-hydrogen) atoms. The molecule has 0 saturated carbocycles. The third kappa shape index (κ3) is 3.43. The largest absolute Gasteiger partial charge is 0.483 e. The first-order valence-electron chi connectivity index (χ1n) is 8.79. The van der Waals surface area contributed by atoms with E-state index in [1.54, 1.807) is 12.1 Å². The monoisotopic (exact) mass is 367 g/mol. The minimum Gasteiger partial charge on any atom is -0.483 e. The van der Waals surface area contributed by atoms with Gasteiger partial charge in [-0.15, -0.1) is 0 Å². The molecular weight excluding hydrogens is 349 g/mol. The fraction of sp³-hybridized carbons (Fsp3) is 0.238. The second kappa shape index (κ2) is 6.87. The minimum atomic E-state index is -0.427. The van der Waals surface area contributed by atoms with Crippen molar-refractivity contribution in [3.05, 3.63) is 69.3 Å². The quantitative estimate of drug-likeness (QED) is 0.713. The van der Waals surface area contributed by atoms with Gasteiger partial charge >= 0.3 is 5.63 Å². The van der Waals surface area contributed by atoms with Gasteiger partial charge in [0, 0.05) is 11.3 Å². The van der Waals surface area contributed by atoms with Gasteiger partial charge in [-0.2, -0.15) is 0 Å². The van der Waals surface area contributed by atoms with Crippen LogP contribution in [0.4, 0.5) is 10.1 Å². The van der Waals surface area contributed by atoms with Crippen LogP contribution < -0.4 is 15.7 Å². The summed E-state index contributed by atoms with van der Waals surface area (Å²) >= 11 is 0. The van der Waals surface area contributed by atoms with E-state index in [2.05, 4.69) is 5.32 Å². The molecule has 0 spiro atoms. The summed E-state index contributed by atoms with van der Waals surface area (Å²) < 4.78 is 24.5. The lowest BCUT2D eigenvalue weighted by molar-refractivity contribution is -0.118. The third-order valence-corrected chi connectivity index (χ3v) is 4.65. The summed E-state index contributed by atoms with van der Waals surface area (Å²) in [5.41, 5.74) is 3.05. The standard InChI is InChI=1S/C21H18FNO4/c1-12-8-17(26-11-19(24)23-14-5-2-4-13(22)10-14)20-15-6-3-7-16(15)21(25)27-18(20)9-12/h2,4-5,8-10H,3,6-7,11H2,1H3,(H,23,24). The normalized spacial score (nSPS) is 12.8. The third-order valence-electron chi connectivity index (χ3n) is 4.65. The summed E-state index contributed by atoms with van der Waals surface area (Å²) in [6, 6.07) is 9.29. The van der Waals surface area contributed by atoms with E-state index in [-0.39, 0.29) is 12.2 Å². The number of fused-ring (bicyclic) bond motifs is 3. The lowest BCUT2D eigenvalue weighted by Crippen LogP contribution is -2.20. The summed E-state index contributed by atoms with van der Waals surface area (Å²) in [5.74, 6) is -0.311. The van der Waals surface area contributed by atoms with Crippen LogP contribution in [0.5, 0.6) is 5.75 Å². The smallest absolute Gasteiger partial charge is 0.339 e. The van der Waals surface area contributed by atoms with Gasteiger partial charge in [-0.25, -0.2) is 9.18 Å². The fourth-order valence-corrected chi connectivity index (χ4v) is 3.53. The zero-order chi connectivity index (χ0) is 19.0. The number of ether oxygens (including phenoxy) is 1. The van der Waals surface area contributed by atoms with Crippen molar-refractivity contribution in [1.29, 1.82) is 0 Å². The predicted octanol–water partition coefficient (Wildman–Crippen LogP) is 3.75. The average molecular weight is 367 g/mol. The highest BCUT2D eigenvalue weighted by atomic mass is 19.1. The van der Waals surface area contributed by atoms with E-state index in [4.69, 9.17) is 9.15 Å². The maximum Gasteiger partial charge on any atom is 0.339 e. The Morgan fingerprint density at radius 3 is 2.85 bits per heavy atom. The van der Waals surface area contributed by atoms with Crippen molar-refractivity contribution in [3.63, 3.8) is 0 Å². The summed E-state index contributed by atoms with van der Waals surface area (Å²) in [4.78, 5) is 24.3. The lowest BCUT2D eigenvalue weighted by atomic mass is 10.0. The Morgan fingerprint density at radius 1 is 1.22 bits per heavy atom. The zero-order valence-electron chi connectivity index (χ0n) is 14.8. The number of hydrogen-bond donors (Lipinski definition) is 1. The van der Waals surface area contributed by atoms with Crippen LogP contribution in [-0.4, -0.2) is 12.5 Å². The second-order valence-corrected chi connectivity index (χ2v) is 6.68. The number of anilines is 1. The first-order valence-corrected chi connectivity index (χ1v) is 8.79. The Bertz CT molecular complexity index is 1100. The Labute approximate surface area is 154 Å². The van der Waals surface area contributed by atoms with Crippen LogP contribution in [0.1, 0.15) is 23.1 Å². The highest BCUT2D eigenvalue weighted by Crippen LogP contribution is 2.35. The molecule has 0 fully saturated rings. The van der Waals surface area contributed by atoms with Gasteiger partial charge in [-0.05, 0) is 67.6 Å². The first-order chi connectivity index (χ1) is 13.0. The van der Waals surface area contributed by atoms with E-state index in [0.717, 1.165) is 29.4 Å². The van der Waals surface area contributed by atoms with Crippen LogP contribution in [0.15, 0.2) is 45.6 Å². The molecule has 138 valence electrons. The van der Waals surface area contributed by atoms with Crippen LogP contribution in [0, 0.1) is 12.7 Å². The van der Waals surface area contributed by atoms with Gasteiger partial charge in [0.1, 0.15) is 17.1 Å². The van der Waals surface area contributed by atoms with Crippen LogP contribution in [0.2, 0.25) is 0 Å². The minimum absolute atomic E-state index is 0.233. The number of aryl methyl sites for hydroxylation is 2. The second-order valence-electron chi connectivity index (χ2n) is 6.68. The van der Waals surface area contributed by atoms with Gasteiger partial charge in [0.2, 0.25) is 0 Å². The van der Waals surface area contributed by atoms with Gasteiger partial charge in [0.25, 0.3) is 5.91 Å². The molecule has 6 heteroatoms. The Kier molecular flexibility index (Phi) is 4.39. The number of carbonyl (C=O) groups is 1. The van der Waals surface area contributed by atoms with Gasteiger partial charge in [0.15, 0.2) is 6.61 Å². The Balaban J connectivity index is 1.61. The van der Waals surface area contributed by atoms with E-state index in [1.165, 1.54) is 18.2 Å². The maximum absolute atomic E-state index is 13.2. The molecule has 0 radical (unpaired) electrons. The van der Waals surface area contributed by atoms with Crippen molar-refractivity contribution in [3.8, 4) is 5.75 Å². The van der Waals surface area contributed by atoms with Crippen molar-refractivity contribution in [2.24, 2.45) is 0 Å². The molecule has 1 amide bonds. The maximum atomic E-state index is 13.2. The van der Waals surface area contributed by atoms with Crippen LogP contribution >= 0.6 is 0 Å². The van der Waals surface area contributed by atoms with E-state index < -0.39 is 11.7 Å². The molecule has 1 heterocycles. The number of hydrogen-bond acceptors (Lipinski definition) is 4. The molecule has 4 rings (SSSR count). The van der Waals surface area contributed by atoms with Crippen molar-refractivity contribution in [2.75, 3.05) is 11.9 Å². The Morgan fingerprint density at radius 2 is 2.04 bits per heavy atom. The van der Waals surface area contributed by atoms with Crippen LogP contribution in [0.25, 0.3) is 11.0 Å². The molecule has 1 aliphatic rings. The van der Waals surface area contributed by atoms with E-state index >= 15 is 0 Å². The number of rotatable bonds is 4. The fourth-order valence-electron chi connectivity index (χ4n) is 3.53. The van der Waals surface area contributed by atoms with Crippen molar-refractivity contribution in [2.45, 2.75) is 26.2 Å². The molecule has 0 atom stereocenters. The summed E-state index contributed by atoms with van der Waals surface area (Å²) in [5, 5.41) is 3.36. The van der Waals surface area contributed by atoms with Gasteiger partial charge in [-0.1, -0.05) is 6.07 Å². The van der Waals surface area contributed by atoms with E-state index in [1.807, 2.05) is 13.0 Å².